The van der Waals surface area contributed by atoms with Crippen LogP contribution in [0.25, 0.3) is 10.9 Å². The summed E-state index contributed by atoms with van der Waals surface area (Å²) >= 11 is 0. The van der Waals surface area contributed by atoms with Crippen LogP contribution in [0.5, 0.6) is 5.88 Å². The molecule has 0 bridgehead atoms. The van der Waals surface area contributed by atoms with Crippen LogP contribution in [-0.4, -0.2) is 45.9 Å². The molecule has 0 saturated carbocycles. The maximum atomic E-state index is 12.1. The fourth-order valence-corrected chi connectivity index (χ4v) is 3.52. The summed E-state index contributed by atoms with van der Waals surface area (Å²) in [4.78, 5) is 31.1. The summed E-state index contributed by atoms with van der Waals surface area (Å²) in [5.74, 6) is -1.39. The van der Waals surface area contributed by atoms with Crippen molar-refractivity contribution >= 4 is 34.2 Å². The third-order valence-electron chi connectivity index (χ3n) is 5.11. The van der Waals surface area contributed by atoms with E-state index >= 15 is 0 Å². The number of fused-ring (bicyclic) bond motifs is 1. The summed E-state index contributed by atoms with van der Waals surface area (Å²) in [5, 5.41) is 23.4. The fraction of sp³-hybridized carbons (Fsp3) is 0.0800. The first kappa shape index (κ1) is 21.8. The van der Waals surface area contributed by atoms with Crippen LogP contribution in [0.4, 0.5) is 5.69 Å². The Bertz CT molecular complexity index is 1340. The van der Waals surface area contributed by atoms with Crippen LogP contribution in [0.2, 0.25) is 0 Å². The van der Waals surface area contributed by atoms with Gasteiger partial charge in [-0.2, -0.15) is 0 Å². The van der Waals surface area contributed by atoms with Crippen LogP contribution in [-0.2, 0) is 0 Å². The number of carbonyl (C=O) groups is 2. The second-order valence-corrected chi connectivity index (χ2v) is 7.33. The molecule has 6 N–H and O–H groups in total. The number of aromatic nitrogens is 1. The molecule has 33 heavy (non-hydrogen) atoms. The van der Waals surface area contributed by atoms with Crippen molar-refractivity contribution < 1.29 is 19.8 Å². The molecule has 3 aromatic carbocycles. The minimum Gasteiger partial charge on any atom is -0.494 e. The van der Waals surface area contributed by atoms with E-state index in [-0.39, 0.29) is 17.4 Å². The van der Waals surface area contributed by atoms with Crippen molar-refractivity contribution in [2.75, 3.05) is 13.1 Å². The van der Waals surface area contributed by atoms with Gasteiger partial charge >= 0.3 is 5.97 Å². The van der Waals surface area contributed by atoms with Gasteiger partial charge in [0.05, 0.1) is 22.5 Å². The van der Waals surface area contributed by atoms with Gasteiger partial charge in [0, 0.05) is 35.1 Å². The molecule has 1 aromatic heterocycles. The lowest BCUT2D eigenvalue weighted by Crippen LogP contribution is -2.28. The maximum Gasteiger partial charge on any atom is 0.335 e. The van der Waals surface area contributed by atoms with Crippen LogP contribution in [0, 0.1) is 0 Å². The van der Waals surface area contributed by atoms with Gasteiger partial charge in [-0.3, -0.25) is 4.79 Å². The molecule has 0 radical (unpaired) electrons. The molecule has 0 saturated heterocycles. The number of carboxylic acids is 1. The van der Waals surface area contributed by atoms with Crippen molar-refractivity contribution in [3.05, 3.63) is 95.1 Å². The summed E-state index contributed by atoms with van der Waals surface area (Å²) in [6, 6.07) is 20.7. The van der Waals surface area contributed by atoms with E-state index in [0.29, 0.717) is 46.5 Å². The lowest BCUT2D eigenvalue weighted by Gasteiger charge is -2.08. The highest BCUT2D eigenvalue weighted by Crippen LogP contribution is 2.32. The van der Waals surface area contributed by atoms with Gasteiger partial charge in [-0.15, -0.1) is 0 Å². The van der Waals surface area contributed by atoms with Crippen molar-refractivity contribution in [1.29, 1.82) is 0 Å². The van der Waals surface area contributed by atoms with Gasteiger partial charge in [-0.05, 0) is 36.4 Å². The van der Waals surface area contributed by atoms with Gasteiger partial charge in [0.2, 0.25) is 0 Å². The van der Waals surface area contributed by atoms with Gasteiger partial charge in [0.15, 0.2) is 5.88 Å². The average Bonchev–Trinajstić information content (AvgIpc) is 3.16. The monoisotopic (exact) mass is 442 g/mol. The molecule has 8 nitrogen and oxygen atoms in total. The summed E-state index contributed by atoms with van der Waals surface area (Å²) in [5.41, 5.74) is 8.81. The molecule has 0 spiro atoms. The third kappa shape index (κ3) is 4.60. The van der Waals surface area contributed by atoms with Crippen LogP contribution < -0.4 is 11.1 Å². The number of hydrogen-bond acceptors (Lipinski definition) is 5. The normalized spacial score (nSPS) is 11.5. The lowest BCUT2D eigenvalue weighted by molar-refractivity contribution is 0.0696. The first-order valence-electron chi connectivity index (χ1n) is 10.3. The number of aromatic amines is 1. The first-order valence-corrected chi connectivity index (χ1v) is 10.3. The Morgan fingerprint density at radius 1 is 0.939 bits per heavy atom. The number of aromatic hydroxyl groups is 1. The van der Waals surface area contributed by atoms with Crippen molar-refractivity contribution in [2.45, 2.75) is 0 Å². The summed E-state index contributed by atoms with van der Waals surface area (Å²) in [6.45, 7) is 0.747. The van der Waals surface area contributed by atoms with Crippen LogP contribution in [0.15, 0.2) is 77.8 Å². The number of aliphatic imine (C=N–C) groups is 1. The molecule has 1 amide bonds. The molecular formula is C25H22N4O4. The van der Waals surface area contributed by atoms with E-state index in [1.807, 2.05) is 30.3 Å². The summed E-state index contributed by atoms with van der Waals surface area (Å²) in [7, 11) is 0. The zero-order valence-corrected chi connectivity index (χ0v) is 17.6. The minimum absolute atomic E-state index is 0.108. The highest BCUT2D eigenvalue weighted by atomic mass is 16.4. The zero-order valence-electron chi connectivity index (χ0n) is 17.6. The van der Waals surface area contributed by atoms with Crippen molar-refractivity contribution in [3.8, 4) is 5.88 Å². The van der Waals surface area contributed by atoms with E-state index in [1.165, 1.54) is 12.1 Å². The number of carbonyl (C=O) groups excluding carboxylic acids is 1. The van der Waals surface area contributed by atoms with Gasteiger partial charge in [-0.25, -0.2) is 9.79 Å². The molecule has 0 atom stereocenters. The van der Waals surface area contributed by atoms with E-state index in [0.717, 1.165) is 5.56 Å². The highest BCUT2D eigenvalue weighted by molar-refractivity contribution is 6.22. The number of carboxylic acid groups (broad SMARTS) is 1. The molecule has 0 aliphatic carbocycles. The molecule has 0 fully saturated rings. The van der Waals surface area contributed by atoms with Crippen molar-refractivity contribution in [2.24, 2.45) is 10.7 Å². The average molecular weight is 442 g/mol. The number of hydrogen-bond donors (Lipinski definition) is 5. The van der Waals surface area contributed by atoms with Crippen LogP contribution >= 0.6 is 0 Å². The second-order valence-electron chi connectivity index (χ2n) is 7.33. The molecule has 0 unspecified atom stereocenters. The Morgan fingerprint density at radius 2 is 1.64 bits per heavy atom. The quantitative estimate of drug-likeness (QED) is 0.279. The minimum atomic E-state index is -1.06. The maximum absolute atomic E-state index is 12.1. The van der Waals surface area contributed by atoms with Gasteiger partial charge in [-0.1, -0.05) is 36.4 Å². The number of aromatic carboxylic acids is 1. The Labute approximate surface area is 189 Å². The number of benzene rings is 3. The van der Waals surface area contributed by atoms with E-state index in [1.54, 1.807) is 30.3 Å². The Kier molecular flexibility index (Phi) is 6.19. The second kappa shape index (κ2) is 9.37. The van der Waals surface area contributed by atoms with Crippen molar-refractivity contribution in [1.82, 2.24) is 10.3 Å². The predicted molar refractivity (Wildman–Crippen MR) is 126 cm³/mol. The topological polar surface area (TPSA) is 141 Å². The molecular weight excluding hydrogens is 420 g/mol. The molecule has 4 aromatic rings. The van der Waals surface area contributed by atoms with E-state index in [9.17, 15) is 19.8 Å². The van der Waals surface area contributed by atoms with Crippen molar-refractivity contribution in [3.63, 3.8) is 0 Å². The number of nitrogens with zero attached hydrogens (tertiary/aromatic N) is 1. The van der Waals surface area contributed by atoms with Gasteiger partial charge in [0.25, 0.3) is 5.91 Å². The first-order chi connectivity index (χ1) is 16.0. The number of nitrogens with one attached hydrogen (secondary N) is 2. The number of amides is 1. The number of H-pyrrole nitrogens is 1. The SMILES string of the molecule is NCCNC(=O)c1ccc(N=C(c2ccccc2)c2c(O)[nH]c3cc(C(=O)O)ccc23)cc1. The molecule has 166 valence electrons. The number of nitrogens with two attached hydrogens (primary N) is 1. The predicted octanol–water partition coefficient (Wildman–Crippen LogP) is 3.43. The Morgan fingerprint density at radius 3 is 2.30 bits per heavy atom. The number of rotatable bonds is 7. The highest BCUT2D eigenvalue weighted by Gasteiger charge is 2.19. The molecule has 0 aliphatic rings. The summed E-state index contributed by atoms with van der Waals surface area (Å²) in [6.07, 6.45) is 0. The van der Waals surface area contributed by atoms with Gasteiger partial charge < -0.3 is 26.2 Å². The molecule has 8 heteroatoms. The lowest BCUT2D eigenvalue weighted by atomic mass is 10.00. The van der Waals surface area contributed by atoms with Gasteiger partial charge in [0.1, 0.15) is 0 Å². The Balaban J connectivity index is 1.81. The molecule has 4 rings (SSSR count). The van der Waals surface area contributed by atoms with E-state index in [2.05, 4.69) is 10.3 Å². The van der Waals surface area contributed by atoms with Crippen LogP contribution in [0.3, 0.4) is 0 Å². The Hall–Kier alpha value is -4.43. The fourth-order valence-electron chi connectivity index (χ4n) is 3.52. The standard InChI is InChI=1S/C25H22N4O4/c26-12-13-27-23(30)16-6-9-18(10-7-16)28-22(15-4-2-1-3-5-15)21-19-11-8-17(25(32)33)14-20(19)29-24(21)31/h1-11,14,29,31H,12-13,26H2,(H,27,30)(H,32,33). The zero-order chi connectivity index (χ0) is 23.4. The third-order valence-corrected chi connectivity index (χ3v) is 5.11. The smallest absolute Gasteiger partial charge is 0.335 e. The van der Waals surface area contributed by atoms with E-state index < -0.39 is 5.97 Å². The van der Waals surface area contributed by atoms with Crippen LogP contribution in [0.1, 0.15) is 31.8 Å². The van der Waals surface area contributed by atoms with E-state index in [4.69, 9.17) is 10.7 Å². The molecule has 0 aliphatic heterocycles. The largest absolute Gasteiger partial charge is 0.494 e. The summed E-state index contributed by atoms with van der Waals surface area (Å²) < 4.78 is 0. The molecule has 1 heterocycles.